The van der Waals surface area contributed by atoms with Crippen molar-refractivity contribution in [1.29, 1.82) is 0 Å². The van der Waals surface area contributed by atoms with Crippen molar-refractivity contribution in [1.82, 2.24) is 10.6 Å². The molecule has 0 aromatic heterocycles. The molecule has 23 heavy (non-hydrogen) atoms. The van der Waals surface area contributed by atoms with Crippen LogP contribution in [0.2, 0.25) is 0 Å². The first-order valence-corrected chi connectivity index (χ1v) is 7.46. The Bertz CT molecular complexity index is 555. The topological polar surface area (TPSA) is 113 Å². The second kappa shape index (κ2) is 8.89. The minimum absolute atomic E-state index is 0.00853. The summed E-state index contributed by atoms with van der Waals surface area (Å²) in [6, 6.07) is 6.45. The van der Waals surface area contributed by atoms with Gasteiger partial charge in [0.25, 0.3) is 0 Å². The highest BCUT2D eigenvalue weighted by molar-refractivity contribution is 5.95. The summed E-state index contributed by atoms with van der Waals surface area (Å²) in [5, 5.41) is 7.87. The average molecular weight is 320 g/mol. The van der Waals surface area contributed by atoms with Crippen LogP contribution in [0.1, 0.15) is 26.3 Å². The zero-order valence-corrected chi connectivity index (χ0v) is 13.7. The molecular weight excluding hydrogens is 296 g/mol. The zero-order chi connectivity index (χ0) is 17.4. The zero-order valence-electron chi connectivity index (χ0n) is 13.7. The first kappa shape index (κ1) is 18.6. The van der Waals surface area contributed by atoms with Crippen molar-refractivity contribution in [3.63, 3.8) is 0 Å². The fraction of sp³-hybridized carbons (Fsp3) is 0.438. The molecule has 5 N–H and O–H groups in total. The fourth-order valence-corrected chi connectivity index (χ4v) is 1.73. The van der Waals surface area contributed by atoms with Crippen LogP contribution in [-0.2, 0) is 20.9 Å². The molecule has 0 saturated carbocycles. The number of benzene rings is 1. The third kappa shape index (κ3) is 6.92. The molecule has 7 heteroatoms. The highest BCUT2D eigenvalue weighted by Gasteiger charge is 2.17. The van der Waals surface area contributed by atoms with Gasteiger partial charge in [0.15, 0.2) is 0 Å². The minimum atomic E-state index is -0.629. The second-order valence-corrected chi connectivity index (χ2v) is 5.64. The van der Waals surface area contributed by atoms with Gasteiger partial charge in [0.2, 0.25) is 17.7 Å². The Labute approximate surface area is 136 Å². The Hall–Kier alpha value is -2.41. The van der Waals surface area contributed by atoms with Crippen molar-refractivity contribution in [2.24, 2.45) is 11.7 Å². The molecule has 0 saturated heterocycles. The van der Waals surface area contributed by atoms with E-state index in [0.29, 0.717) is 12.2 Å². The largest absolute Gasteiger partial charge is 0.352 e. The maximum absolute atomic E-state index is 11.8. The van der Waals surface area contributed by atoms with Crippen molar-refractivity contribution < 1.29 is 14.4 Å². The number of amides is 3. The van der Waals surface area contributed by atoms with Gasteiger partial charge < -0.3 is 21.7 Å². The molecule has 0 spiro atoms. The number of nitrogens with two attached hydrogens (primary N) is 1. The number of hydrogen-bond acceptors (Lipinski definition) is 4. The summed E-state index contributed by atoms with van der Waals surface area (Å²) in [6.45, 7) is 5.44. The van der Waals surface area contributed by atoms with E-state index in [1.807, 2.05) is 13.8 Å². The summed E-state index contributed by atoms with van der Waals surface area (Å²) in [6.07, 6.45) is 0. The molecular formula is C16H24N4O3. The summed E-state index contributed by atoms with van der Waals surface area (Å²) in [7, 11) is 0. The Morgan fingerprint density at radius 2 is 1.70 bits per heavy atom. The van der Waals surface area contributed by atoms with E-state index >= 15 is 0 Å². The van der Waals surface area contributed by atoms with Crippen LogP contribution in [0, 0.1) is 5.92 Å². The molecule has 0 radical (unpaired) electrons. The van der Waals surface area contributed by atoms with Crippen molar-refractivity contribution >= 4 is 23.4 Å². The number of nitrogens with one attached hydrogen (secondary N) is 3. The molecule has 3 amide bonds. The molecule has 0 aliphatic carbocycles. The van der Waals surface area contributed by atoms with E-state index in [0.717, 1.165) is 5.56 Å². The van der Waals surface area contributed by atoms with Gasteiger partial charge in [-0.1, -0.05) is 26.0 Å². The molecule has 1 rings (SSSR count). The lowest BCUT2D eigenvalue weighted by molar-refractivity contribution is -0.125. The number of anilines is 1. The molecule has 0 unspecified atom stereocenters. The normalized spacial score (nSPS) is 11.7. The fourth-order valence-electron chi connectivity index (χ4n) is 1.73. The molecule has 1 atom stereocenters. The molecule has 0 fully saturated rings. The highest BCUT2D eigenvalue weighted by Crippen LogP contribution is 2.09. The van der Waals surface area contributed by atoms with Gasteiger partial charge in [-0.3, -0.25) is 14.4 Å². The van der Waals surface area contributed by atoms with Gasteiger partial charge in [-0.25, -0.2) is 0 Å². The Morgan fingerprint density at radius 3 is 2.22 bits per heavy atom. The summed E-state index contributed by atoms with van der Waals surface area (Å²) in [4.78, 5) is 34.3. The summed E-state index contributed by atoms with van der Waals surface area (Å²) in [5.41, 5.74) is 7.23. The first-order chi connectivity index (χ1) is 10.8. The summed E-state index contributed by atoms with van der Waals surface area (Å²) < 4.78 is 0. The smallest absolute Gasteiger partial charge is 0.243 e. The first-order valence-electron chi connectivity index (χ1n) is 7.46. The van der Waals surface area contributed by atoms with Crippen molar-refractivity contribution in [3.8, 4) is 0 Å². The Morgan fingerprint density at radius 1 is 1.09 bits per heavy atom. The van der Waals surface area contributed by atoms with Gasteiger partial charge in [0, 0.05) is 19.2 Å². The van der Waals surface area contributed by atoms with Crippen LogP contribution in [0.25, 0.3) is 0 Å². The van der Waals surface area contributed by atoms with Crippen LogP contribution >= 0.6 is 0 Å². The van der Waals surface area contributed by atoms with Crippen molar-refractivity contribution in [3.05, 3.63) is 29.8 Å². The van der Waals surface area contributed by atoms with E-state index in [2.05, 4.69) is 16.0 Å². The maximum Gasteiger partial charge on any atom is 0.243 e. The number of rotatable bonds is 7. The van der Waals surface area contributed by atoms with E-state index in [1.165, 1.54) is 6.92 Å². The Balaban J connectivity index is 2.42. The molecule has 7 nitrogen and oxygen atoms in total. The maximum atomic E-state index is 11.8. The van der Waals surface area contributed by atoms with Crippen LogP contribution in [0.15, 0.2) is 24.3 Å². The van der Waals surface area contributed by atoms with Crippen molar-refractivity contribution in [2.45, 2.75) is 33.4 Å². The highest BCUT2D eigenvalue weighted by atomic mass is 16.2. The quantitative estimate of drug-likeness (QED) is 0.581. The SMILES string of the molecule is CC(=O)NCc1ccc(NC(=O)CNC(=O)[C@@H](N)C(C)C)cc1. The van der Waals surface area contributed by atoms with E-state index in [4.69, 9.17) is 5.73 Å². The van der Waals surface area contributed by atoms with E-state index in [9.17, 15) is 14.4 Å². The van der Waals surface area contributed by atoms with Crippen molar-refractivity contribution in [2.75, 3.05) is 11.9 Å². The van der Waals surface area contributed by atoms with Gasteiger partial charge in [-0.05, 0) is 23.6 Å². The predicted octanol–water partition coefficient (Wildman–Crippen LogP) is 0.361. The van der Waals surface area contributed by atoms with Crippen LogP contribution in [0.5, 0.6) is 0 Å². The van der Waals surface area contributed by atoms with E-state index in [-0.39, 0.29) is 30.2 Å². The second-order valence-electron chi connectivity index (χ2n) is 5.64. The molecule has 0 heterocycles. The summed E-state index contributed by atoms with van der Waals surface area (Å²) in [5.74, 6) is -0.767. The molecule has 0 aliphatic rings. The molecule has 126 valence electrons. The third-order valence-corrected chi connectivity index (χ3v) is 3.22. The van der Waals surface area contributed by atoms with Gasteiger partial charge >= 0.3 is 0 Å². The van der Waals surface area contributed by atoms with Crippen LogP contribution in [0.4, 0.5) is 5.69 Å². The molecule has 0 bridgehead atoms. The van der Waals surface area contributed by atoms with Gasteiger partial charge in [0.05, 0.1) is 12.6 Å². The van der Waals surface area contributed by atoms with E-state index in [1.54, 1.807) is 24.3 Å². The van der Waals surface area contributed by atoms with Crippen LogP contribution in [-0.4, -0.2) is 30.3 Å². The molecule has 0 aliphatic heterocycles. The van der Waals surface area contributed by atoms with Gasteiger partial charge in [-0.15, -0.1) is 0 Å². The number of carbonyl (C=O) groups excluding carboxylic acids is 3. The van der Waals surface area contributed by atoms with Crippen LogP contribution < -0.4 is 21.7 Å². The predicted molar refractivity (Wildman–Crippen MR) is 88.4 cm³/mol. The van der Waals surface area contributed by atoms with E-state index < -0.39 is 6.04 Å². The lowest BCUT2D eigenvalue weighted by Crippen LogP contribution is -2.46. The minimum Gasteiger partial charge on any atom is -0.352 e. The standard InChI is InChI=1S/C16H24N4O3/c1-10(2)15(17)16(23)19-9-14(22)20-13-6-4-12(5-7-13)8-18-11(3)21/h4-7,10,15H,8-9,17H2,1-3H3,(H,18,21)(H,19,23)(H,20,22)/t15-/m0/s1. The monoisotopic (exact) mass is 320 g/mol. The molecule has 1 aromatic carbocycles. The van der Waals surface area contributed by atoms with Gasteiger partial charge in [-0.2, -0.15) is 0 Å². The lowest BCUT2D eigenvalue weighted by atomic mass is 10.1. The Kier molecular flexibility index (Phi) is 7.21. The number of hydrogen-bond donors (Lipinski definition) is 4. The molecule has 1 aromatic rings. The van der Waals surface area contributed by atoms with Gasteiger partial charge in [0.1, 0.15) is 0 Å². The lowest BCUT2D eigenvalue weighted by Gasteiger charge is -2.15. The third-order valence-electron chi connectivity index (χ3n) is 3.22. The summed E-state index contributed by atoms with van der Waals surface area (Å²) >= 11 is 0. The van der Waals surface area contributed by atoms with Crippen LogP contribution in [0.3, 0.4) is 0 Å². The average Bonchev–Trinajstić information content (AvgIpc) is 2.51. The number of carbonyl (C=O) groups is 3.